The first-order chi connectivity index (χ1) is 10.2. The number of anilines is 2. The number of rotatable bonds is 5. The molecular weight excluding hydrogens is 288 g/mol. The molecule has 1 aliphatic rings. The van der Waals surface area contributed by atoms with Gasteiger partial charge in [0.25, 0.3) is 0 Å². The molecule has 0 spiro atoms. The lowest BCUT2D eigenvalue weighted by molar-refractivity contribution is -0.119. The van der Waals surface area contributed by atoms with E-state index in [0.717, 1.165) is 30.2 Å². The average molecular weight is 304 g/mol. The second kappa shape index (κ2) is 6.15. The Morgan fingerprint density at radius 3 is 3.05 bits per heavy atom. The van der Waals surface area contributed by atoms with Crippen molar-refractivity contribution in [3.05, 3.63) is 29.5 Å². The Kier molecular flexibility index (Phi) is 4.07. The topological polar surface area (TPSA) is 97.0 Å². The first kappa shape index (κ1) is 13.9. The summed E-state index contributed by atoms with van der Waals surface area (Å²) in [6.45, 7) is 1.17. The van der Waals surface area contributed by atoms with E-state index >= 15 is 0 Å². The summed E-state index contributed by atoms with van der Waals surface area (Å²) in [4.78, 5) is 26.0. The Morgan fingerprint density at radius 2 is 2.29 bits per heavy atom. The molecule has 21 heavy (non-hydrogen) atoms. The highest BCUT2D eigenvalue weighted by Gasteiger charge is 2.28. The van der Waals surface area contributed by atoms with Crippen molar-refractivity contribution in [2.75, 3.05) is 18.4 Å². The Morgan fingerprint density at radius 1 is 1.48 bits per heavy atom. The molecule has 0 aromatic carbocycles. The predicted octanol–water partition coefficient (Wildman–Crippen LogP) is 1.30. The maximum atomic E-state index is 11.1. The SMILES string of the molecule is NC(=O)CN1CCC[C@H]1c1csc(Nc2ncccn2)n1. The summed E-state index contributed by atoms with van der Waals surface area (Å²) >= 11 is 1.51. The van der Waals surface area contributed by atoms with Gasteiger partial charge in [-0.15, -0.1) is 11.3 Å². The molecule has 1 amide bonds. The third-order valence-corrected chi connectivity index (χ3v) is 4.15. The molecule has 8 heteroatoms. The van der Waals surface area contributed by atoms with Crippen LogP contribution in [0.5, 0.6) is 0 Å². The van der Waals surface area contributed by atoms with Crippen LogP contribution >= 0.6 is 11.3 Å². The fourth-order valence-electron chi connectivity index (χ4n) is 2.51. The van der Waals surface area contributed by atoms with Crippen LogP contribution in [0, 0.1) is 0 Å². The van der Waals surface area contributed by atoms with Crippen LogP contribution in [0.25, 0.3) is 0 Å². The van der Waals surface area contributed by atoms with Crippen molar-refractivity contribution in [3.8, 4) is 0 Å². The van der Waals surface area contributed by atoms with Crippen LogP contribution < -0.4 is 11.1 Å². The van der Waals surface area contributed by atoms with Crippen molar-refractivity contribution in [1.29, 1.82) is 0 Å². The van der Waals surface area contributed by atoms with Crippen molar-refractivity contribution in [1.82, 2.24) is 19.9 Å². The molecular formula is C13H16N6OS. The molecule has 3 rings (SSSR count). The second-order valence-corrected chi connectivity index (χ2v) is 5.73. The Bertz CT molecular complexity index is 616. The first-order valence-electron chi connectivity index (χ1n) is 6.74. The van der Waals surface area contributed by atoms with E-state index in [-0.39, 0.29) is 18.5 Å². The number of hydrogen-bond acceptors (Lipinski definition) is 7. The number of thiazole rings is 1. The fourth-order valence-corrected chi connectivity index (χ4v) is 3.26. The van der Waals surface area contributed by atoms with Crippen LogP contribution in [0.2, 0.25) is 0 Å². The minimum atomic E-state index is -0.298. The minimum Gasteiger partial charge on any atom is -0.369 e. The van der Waals surface area contributed by atoms with Crippen LogP contribution in [0.4, 0.5) is 11.1 Å². The lowest BCUT2D eigenvalue weighted by atomic mass is 10.2. The summed E-state index contributed by atoms with van der Waals surface area (Å²) in [5, 5.41) is 5.84. The maximum absolute atomic E-state index is 11.1. The van der Waals surface area contributed by atoms with E-state index in [9.17, 15) is 4.79 Å². The van der Waals surface area contributed by atoms with Gasteiger partial charge in [-0.3, -0.25) is 9.69 Å². The van der Waals surface area contributed by atoms with Crippen molar-refractivity contribution in [2.24, 2.45) is 5.73 Å². The lowest BCUT2D eigenvalue weighted by Gasteiger charge is -2.21. The molecule has 1 saturated heterocycles. The van der Waals surface area contributed by atoms with Gasteiger partial charge in [0.05, 0.1) is 18.3 Å². The van der Waals surface area contributed by atoms with Crippen LogP contribution in [0.15, 0.2) is 23.8 Å². The molecule has 0 bridgehead atoms. The van der Waals surface area contributed by atoms with Gasteiger partial charge in [-0.2, -0.15) is 0 Å². The summed E-state index contributed by atoms with van der Waals surface area (Å²) < 4.78 is 0. The van der Waals surface area contributed by atoms with E-state index in [0.29, 0.717) is 5.95 Å². The Labute approximate surface area is 126 Å². The molecule has 0 aliphatic carbocycles. The Balaban J connectivity index is 1.71. The molecule has 2 aromatic heterocycles. The number of likely N-dealkylation sites (tertiary alicyclic amines) is 1. The van der Waals surface area contributed by atoms with Gasteiger partial charge in [-0.1, -0.05) is 0 Å². The summed E-state index contributed by atoms with van der Waals surface area (Å²) in [7, 11) is 0. The van der Waals surface area contributed by atoms with E-state index in [1.165, 1.54) is 11.3 Å². The van der Waals surface area contributed by atoms with E-state index in [4.69, 9.17) is 5.73 Å². The normalized spacial score (nSPS) is 18.8. The number of carbonyl (C=O) groups is 1. The van der Waals surface area contributed by atoms with Crippen molar-refractivity contribution in [2.45, 2.75) is 18.9 Å². The smallest absolute Gasteiger partial charge is 0.231 e. The highest BCUT2D eigenvalue weighted by atomic mass is 32.1. The van der Waals surface area contributed by atoms with Crippen molar-refractivity contribution < 1.29 is 4.79 Å². The summed E-state index contributed by atoms with van der Waals surface area (Å²) in [6.07, 6.45) is 5.41. The number of carbonyl (C=O) groups excluding carboxylic acids is 1. The lowest BCUT2D eigenvalue weighted by Crippen LogP contribution is -2.33. The van der Waals surface area contributed by atoms with Crippen LogP contribution in [-0.4, -0.2) is 38.8 Å². The molecule has 1 fully saturated rings. The molecule has 0 unspecified atom stereocenters. The molecule has 1 atom stereocenters. The molecule has 0 saturated carbocycles. The van der Waals surface area contributed by atoms with E-state index < -0.39 is 0 Å². The molecule has 110 valence electrons. The van der Waals surface area contributed by atoms with E-state index in [2.05, 4.69) is 25.2 Å². The average Bonchev–Trinajstić information content (AvgIpc) is 3.08. The molecule has 0 radical (unpaired) electrons. The van der Waals surface area contributed by atoms with E-state index in [1.807, 2.05) is 5.38 Å². The van der Waals surface area contributed by atoms with E-state index in [1.54, 1.807) is 18.5 Å². The summed E-state index contributed by atoms with van der Waals surface area (Å²) in [6, 6.07) is 1.93. The van der Waals surface area contributed by atoms with Gasteiger partial charge in [-0.25, -0.2) is 15.0 Å². The van der Waals surface area contributed by atoms with Crippen molar-refractivity contribution in [3.63, 3.8) is 0 Å². The number of nitrogens with one attached hydrogen (secondary N) is 1. The van der Waals surface area contributed by atoms with Gasteiger partial charge in [-0.05, 0) is 25.5 Å². The minimum absolute atomic E-state index is 0.168. The Hall–Kier alpha value is -2.06. The number of nitrogens with zero attached hydrogens (tertiary/aromatic N) is 4. The number of primary amides is 1. The van der Waals surface area contributed by atoms with Gasteiger partial charge in [0.15, 0.2) is 5.13 Å². The van der Waals surface area contributed by atoms with Gasteiger partial charge in [0, 0.05) is 17.8 Å². The largest absolute Gasteiger partial charge is 0.369 e. The third kappa shape index (κ3) is 3.34. The molecule has 1 aliphatic heterocycles. The molecule has 2 aromatic rings. The van der Waals surface area contributed by atoms with Gasteiger partial charge in [0.1, 0.15) is 0 Å². The number of hydrogen-bond donors (Lipinski definition) is 2. The van der Waals surface area contributed by atoms with Crippen LogP contribution in [-0.2, 0) is 4.79 Å². The number of aromatic nitrogens is 3. The van der Waals surface area contributed by atoms with Gasteiger partial charge >= 0.3 is 0 Å². The number of amides is 1. The second-order valence-electron chi connectivity index (χ2n) is 4.87. The van der Waals surface area contributed by atoms with Gasteiger partial charge < -0.3 is 11.1 Å². The summed E-state index contributed by atoms with van der Waals surface area (Å²) in [5.74, 6) is 0.229. The molecule has 3 N–H and O–H groups in total. The zero-order chi connectivity index (χ0) is 14.7. The maximum Gasteiger partial charge on any atom is 0.231 e. The standard InChI is InChI=1S/C13H16N6OS/c14-11(20)7-19-6-1-3-10(19)9-8-21-13(17-9)18-12-15-4-2-5-16-12/h2,4-5,8,10H,1,3,6-7H2,(H2,14,20)(H,15,16,17,18)/t10-/m0/s1. The summed E-state index contributed by atoms with van der Waals surface area (Å²) in [5.41, 5.74) is 6.26. The van der Waals surface area contributed by atoms with Crippen LogP contribution in [0.1, 0.15) is 24.6 Å². The zero-order valence-electron chi connectivity index (χ0n) is 11.4. The van der Waals surface area contributed by atoms with Gasteiger partial charge in [0.2, 0.25) is 11.9 Å². The van der Waals surface area contributed by atoms with Crippen molar-refractivity contribution >= 4 is 28.3 Å². The highest BCUT2D eigenvalue weighted by Crippen LogP contribution is 2.33. The molecule has 7 nitrogen and oxygen atoms in total. The quantitative estimate of drug-likeness (QED) is 0.864. The highest BCUT2D eigenvalue weighted by molar-refractivity contribution is 7.13. The fraction of sp³-hybridized carbons (Fsp3) is 0.385. The molecule has 3 heterocycles. The zero-order valence-corrected chi connectivity index (χ0v) is 12.2. The van der Waals surface area contributed by atoms with Crippen LogP contribution in [0.3, 0.4) is 0 Å². The monoisotopic (exact) mass is 304 g/mol. The predicted molar refractivity (Wildman–Crippen MR) is 80.2 cm³/mol. The first-order valence-corrected chi connectivity index (χ1v) is 7.62. The third-order valence-electron chi connectivity index (χ3n) is 3.37. The number of nitrogens with two attached hydrogens (primary N) is 1.